The fourth-order valence-electron chi connectivity index (χ4n) is 2.70. The molecule has 0 atom stereocenters. The number of nitrogens with zero attached hydrogens (tertiary/aromatic N) is 4. The van der Waals surface area contributed by atoms with Gasteiger partial charge in [0.25, 0.3) is 5.91 Å². The lowest BCUT2D eigenvalue weighted by molar-refractivity contribution is 0.101. The molecule has 0 aliphatic carbocycles. The van der Waals surface area contributed by atoms with E-state index in [-0.39, 0.29) is 11.6 Å². The van der Waals surface area contributed by atoms with Gasteiger partial charge in [-0.05, 0) is 55.5 Å². The van der Waals surface area contributed by atoms with Gasteiger partial charge in [0.15, 0.2) is 0 Å². The van der Waals surface area contributed by atoms with E-state index in [0.29, 0.717) is 17.2 Å². The Labute approximate surface area is 148 Å². The highest BCUT2D eigenvalue weighted by atomic mass is 19.1. The number of carbonyl (C=O) groups excluding carboxylic acids is 1. The molecular weight excluding hydrogens is 333 g/mol. The second kappa shape index (κ2) is 6.36. The number of hydrogen-bond donors (Lipinski definition) is 1. The van der Waals surface area contributed by atoms with Gasteiger partial charge in [-0.15, -0.1) is 5.10 Å². The lowest BCUT2D eigenvalue weighted by Crippen LogP contribution is -2.14. The maximum Gasteiger partial charge on any atom is 0.295 e. The van der Waals surface area contributed by atoms with E-state index in [2.05, 4.69) is 20.4 Å². The molecule has 4 aromatic rings. The first-order valence-corrected chi connectivity index (χ1v) is 7.96. The van der Waals surface area contributed by atoms with Crippen molar-refractivity contribution in [2.75, 3.05) is 5.32 Å². The fourth-order valence-corrected chi connectivity index (χ4v) is 2.70. The number of rotatable bonds is 3. The summed E-state index contributed by atoms with van der Waals surface area (Å²) < 4.78 is 14.6. The number of halogens is 1. The summed E-state index contributed by atoms with van der Waals surface area (Å²) in [5, 5.41) is 7.90. The molecule has 6 nitrogen and oxygen atoms in total. The molecule has 26 heavy (non-hydrogen) atoms. The van der Waals surface area contributed by atoms with Crippen LogP contribution in [0.1, 0.15) is 16.4 Å². The van der Waals surface area contributed by atoms with Gasteiger partial charge in [0.05, 0.1) is 16.9 Å². The van der Waals surface area contributed by atoms with Crippen LogP contribution in [0.25, 0.3) is 16.6 Å². The number of benzene rings is 2. The predicted molar refractivity (Wildman–Crippen MR) is 95.8 cm³/mol. The van der Waals surface area contributed by atoms with E-state index in [1.54, 1.807) is 31.3 Å². The van der Waals surface area contributed by atoms with Gasteiger partial charge in [0.1, 0.15) is 11.6 Å². The third-order valence-corrected chi connectivity index (χ3v) is 3.94. The second-order valence-corrected chi connectivity index (χ2v) is 5.70. The zero-order valence-corrected chi connectivity index (χ0v) is 13.8. The molecule has 0 saturated carbocycles. The highest BCUT2D eigenvalue weighted by Gasteiger charge is 2.16. The molecule has 0 unspecified atom stereocenters. The number of nitrogens with one attached hydrogen (secondary N) is 1. The second-order valence-electron chi connectivity index (χ2n) is 5.70. The molecule has 1 amide bonds. The molecule has 4 rings (SSSR count). The molecule has 2 aromatic carbocycles. The Morgan fingerprint density at radius 1 is 1.08 bits per heavy atom. The molecule has 0 aliphatic heterocycles. The van der Waals surface area contributed by atoms with Crippen molar-refractivity contribution < 1.29 is 9.18 Å². The Morgan fingerprint density at radius 2 is 1.88 bits per heavy atom. The van der Waals surface area contributed by atoms with Crippen LogP contribution in [0.3, 0.4) is 0 Å². The monoisotopic (exact) mass is 347 g/mol. The number of aryl methyl sites for hydroxylation is 1. The number of fused-ring (bicyclic) bond motifs is 1. The number of pyridine rings is 1. The smallest absolute Gasteiger partial charge is 0.295 e. The lowest BCUT2D eigenvalue weighted by Gasteiger charge is -2.06. The maximum absolute atomic E-state index is 13.1. The van der Waals surface area contributed by atoms with Crippen molar-refractivity contribution in [3.63, 3.8) is 0 Å². The standard InChI is InChI=1S/C19H14FN5O/c1-12-22-18(24-25(12)14-9-7-13(20)8-10-14)19(26)23-17-6-2-5-16-15(17)4-3-11-21-16/h2-11H,1H3,(H,23,26). The van der Waals surface area contributed by atoms with Gasteiger partial charge in [-0.3, -0.25) is 9.78 Å². The van der Waals surface area contributed by atoms with Crippen LogP contribution in [0.4, 0.5) is 10.1 Å². The van der Waals surface area contributed by atoms with E-state index in [0.717, 1.165) is 10.9 Å². The summed E-state index contributed by atoms with van der Waals surface area (Å²) in [7, 11) is 0. The predicted octanol–water partition coefficient (Wildman–Crippen LogP) is 3.52. The van der Waals surface area contributed by atoms with Gasteiger partial charge in [-0.2, -0.15) is 0 Å². The average Bonchev–Trinajstić information content (AvgIpc) is 3.05. The third kappa shape index (κ3) is 2.90. The van der Waals surface area contributed by atoms with Crippen molar-refractivity contribution in [2.24, 2.45) is 0 Å². The van der Waals surface area contributed by atoms with Gasteiger partial charge < -0.3 is 5.32 Å². The molecule has 2 aromatic heterocycles. The van der Waals surface area contributed by atoms with E-state index in [9.17, 15) is 9.18 Å². The van der Waals surface area contributed by atoms with Gasteiger partial charge in [-0.1, -0.05) is 6.07 Å². The SMILES string of the molecule is Cc1nc(C(=O)Nc2cccc3ncccc23)nn1-c1ccc(F)cc1. The molecule has 1 N–H and O–H groups in total. The molecule has 0 spiro atoms. The van der Waals surface area contributed by atoms with Gasteiger partial charge in [-0.25, -0.2) is 14.1 Å². The van der Waals surface area contributed by atoms with E-state index < -0.39 is 5.91 Å². The molecule has 2 heterocycles. The highest BCUT2D eigenvalue weighted by Crippen LogP contribution is 2.21. The number of hydrogen-bond acceptors (Lipinski definition) is 4. The maximum atomic E-state index is 13.1. The van der Waals surface area contributed by atoms with Crippen LogP contribution in [0.5, 0.6) is 0 Å². The number of anilines is 1. The van der Waals surface area contributed by atoms with Crippen LogP contribution in [0.15, 0.2) is 60.8 Å². The van der Waals surface area contributed by atoms with Gasteiger partial charge in [0, 0.05) is 11.6 Å². The summed E-state index contributed by atoms with van der Waals surface area (Å²) in [6, 6.07) is 15.0. The Morgan fingerprint density at radius 3 is 2.69 bits per heavy atom. The molecule has 0 fully saturated rings. The van der Waals surface area contributed by atoms with Crippen LogP contribution in [-0.4, -0.2) is 25.7 Å². The summed E-state index contributed by atoms with van der Waals surface area (Å²) in [5.41, 5.74) is 2.05. The molecule has 128 valence electrons. The van der Waals surface area contributed by atoms with Crippen LogP contribution in [-0.2, 0) is 0 Å². The molecule has 0 bridgehead atoms. The van der Waals surface area contributed by atoms with Crippen molar-refractivity contribution in [1.29, 1.82) is 0 Å². The topological polar surface area (TPSA) is 72.7 Å². The Bertz CT molecular complexity index is 1100. The Hall–Kier alpha value is -3.61. The van der Waals surface area contributed by atoms with E-state index in [1.165, 1.54) is 16.8 Å². The van der Waals surface area contributed by atoms with Gasteiger partial charge in [0.2, 0.25) is 5.82 Å². The summed E-state index contributed by atoms with van der Waals surface area (Å²) in [4.78, 5) is 21.1. The Balaban J connectivity index is 1.65. The number of aromatic nitrogens is 4. The largest absolute Gasteiger partial charge is 0.319 e. The molecule has 0 saturated heterocycles. The summed E-state index contributed by atoms with van der Waals surface area (Å²) in [6.07, 6.45) is 1.70. The van der Waals surface area contributed by atoms with Crippen LogP contribution in [0.2, 0.25) is 0 Å². The van der Waals surface area contributed by atoms with Crippen LogP contribution < -0.4 is 5.32 Å². The Kier molecular flexibility index (Phi) is 3.89. The van der Waals surface area contributed by atoms with E-state index in [4.69, 9.17) is 0 Å². The summed E-state index contributed by atoms with van der Waals surface area (Å²) >= 11 is 0. The van der Waals surface area contributed by atoms with E-state index in [1.807, 2.05) is 24.3 Å². The first-order valence-electron chi connectivity index (χ1n) is 7.96. The first kappa shape index (κ1) is 15.9. The molecule has 7 heteroatoms. The zero-order chi connectivity index (χ0) is 18.1. The molecule has 0 radical (unpaired) electrons. The van der Waals surface area contributed by atoms with Crippen molar-refractivity contribution in [1.82, 2.24) is 19.7 Å². The number of amides is 1. The van der Waals surface area contributed by atoms with Crippen LogP contribution in [0, 0.1) is 12.7 Å². The highest BCUT2D eigenvalue weighted by molar-refractivity contribution is 6.06. The molecule has 0 aliphatic rings. The number of carbonyl (C=O) groups is 1. The minimum absolute atomic E-state index is 0.0349. The van der Waals surface area contributed by atoms with Crippen molar-refractivity contribution in [2.45, 2.75) is 6.92 Å². The van der Waals surface area contributed by atoms with Gasteiger partial charge >= 0.3 is 0 Å². The first-order chi connectivity index (χ1) is 12.6. The van der Waals surface area contributed by atoms with E-state index >= 15 is 0 Å². The minimum atomic E-state index is -0.426. The zero-order valence-electron chi connectivity index (χ0n) is 13.8. The molecular formula is C19H14FN5O. The minimum Gasteiger partial charge on any atom is -0.319 e. The third-order valence-electron chi connectivity index (χ3n) is 3.94. The quantitative estimate of drug-likeness (QED) is 0.615. The average molecular weight is 347 g/mol. The van der Waals surface area contributed by atoms with Crippen molar-refractivity contribution in [3.05, 3.63) is 78.3 Å². The summed E-state index contributed by atoms with van der Waals surface area (Å²) in [6.45, 7) is 1.73. The lowest BCUT2D eigenvalue weighted by atomic mass is 10.2. The van der Waals surface area contributed by atoms with Crippen molar-refractivity contribution in [3.8, 4) is 5.69 Å². The summed E-state index contributed by atoms with van der Waals surface area (Å²) in [5.74, 6) is -0.201. The fraction of sp³-hybridized carbons (Fsp3) is 0.0526. The normalized spacial score (nSPS) is 10.8. The van der Waals surface area contributed by atoms with Crippen LogP contribution >= 0.6 is 0 Å². The van der Waals surface area contributed by atoms with Crippen molar-refractivity contribution >= 4 is 22.5 Å².